The topological polar surface area (TPSA) is 29.3 Å². The molecular weight excluding hydrogens is 300 g/mol. The second-order valence-electron chi connectivity index (χ2n) is 4.81. The Balaban J connectivity index is 2.18. The third kappa shape index (κ3) is 3.58. The van der Waals surface area contributed by atoms with E-state index >= 15 is 0 Å². The predicted molar refractivity (Wildman–Crippen MR) is 85.3 cm³/mol. The Kier molecular flexibility index (Phi) is 4.61. The first-order valence-corrected chi connectivity index (χ1v) is 7.14. The van der Waals surface area contributed by atoms with E-state index in [0.29, 0.717) is 6.54 Å². The summed E-state index contributed by atoms with van der Waals surface area (Å²) >= 11 is 3.51. The molecule has 0 aliphatic carbocycles. The van der Waals surface area contributed by atoms with Crippen LogP contribution in [0.3, 0.4) is 0 Å². The van der Waals surface area contributed by atoms with Crippen LogP contribution in [0.5, 0.6) is 0 Å². The highest BCUT2D eigenvalue weighted by Gasteiger charge is 2.06. The molecule has 2 aromatic rings. The van der Waals surface area contributed by atoms with Gasteiger partial charge in [-0.05, 0) is 41.8 Å². The maximum atomic E-state index is 5.67. The number of rotatable bonds is 4. The highest BCUT2D eigenvalue weighted by atomic mass is 79.9. The fourth-order valence-electron chi connectivity index (χ4n) is 2.27. The maximum absolute atomic E-state index is 5.67. The third-order valence-corrected chi connectivity index (χ3v) is 3.71. The Labute approximate surface area is 123 Å². The summed E-state index contributed by atoms with van der Waals surface area (Å²) in [4.78, 5) is 2.26. The minimum absolute atomic E-state index is 0.594. The van der Waals surface area contributed by atoms with Gasteiger partial charge in [0.05, 0.1) is 0 Å². The molecule has 0 fully saturated rings. The van der Waals surface area contributed by atoms with Crippen molar-refractivity contribution in [1.29, 1.82) is 0 Å². The first-order valence-electron chi connectivity index (χ1n) is 6.35. The first-order chi connectivity index (χ1) is 9.10. The lowest BCUT2D eigenvalue weighted by atomic mass is 10.1. The van der Waals surface area contributed by atoms with Crippen molar-refractivity contribution in [2.45, 2.75) is 20.0 Å². The Hall–Kier alpha value is -1.32. The van der Waals surface area contributed by atoms with Crippen molar-refractivity contribution < 1.29 is 0 Å². The molecule has 3 heteroatoms. The van der Waals surface area contributed by atoms with Crippen molar-refractivity contribution in [1.82, 2.24) is 0 Å². The van der Waals surface area contributed by atoms with Gasteiger partial charge < -0.3 is 10.6 Å². The summed E-state index contributed by atoms with van der Waals surface area (Å²) < 4.78 is 1.12. The van der Waals surface area contributed by atoms with Crippen molar-refractivity contribution in [3.8, 4) is 0 Å². The number of benzene rings is 2. The van der Waals surface area contributed by atoms with Crippen LogP contribution in [0.2, 0.25) is 0 Å². The molecule has 2 rings (SSSR count). The molecule has 0 bridgehead atoms. The zero-order valence-corrected chi connectivity index (χ0v) is 12.9. The summed E-state index contributed by atoms with van der Waals surface area (Å²) in [6, 6.07) is 14.8. The van der Waals surface area contributed by atoms with Crippen LogP contribution in [0.1, 0.15) is 16.7 Å². The van der Waals surface area contributed by atoms with E-state index in [2.05, 4.69) is 71.2 Å². The van der Waals surface area contributed by atoms with Crippen LogP contribution >= 0.6 is 15.9 Å². The Morgan fingerprint density at radius 3 is 2.53 bits per heavy atom. The smallest absolute Gasteiger partial charge is 0.0426 e. The average molecular weight is 319 g/mol. The van der Waals surface area contributed by atoms with Crippen molar-refractivity contribution in [2.75, 3.05) is 11.9 Å². The van der Waals surface area contributed by atoms with Gasteiger partial charge in [-0.2, -0.15) is 0 Å². The van der Waals surface area contributed by atoms with E-state index < -0.39 is 0 Å². The minimum Gasteiger partial charge on any atom is -0.370 e. The molecule has 0 saturated heterocycles. The first kappa shape index (κ1) is 14.1. The van der Waals surface area contributed by atoms with Crippen molar-refractivity contribution in [3.05, 3.63) is 63.6 Å². The minimum atomic E-state index is 0.594. The lowest BCUT2D eigenvalue weighted by Crippen LogP contribution is -2.17. The van der Waals surface area contributed by atoms with Crippen LogP contribution in [-0.2, 0) is 13.1 Å². The molecular formula is C16H19BrN2. The largest absolute Gasteiger partial charge is 0.370 e. The molecule has 19 heavy (non-hydrogen) atoms. The van der Waals surface area contributed by atoms with Gasteiger partial charge in [-0.25, -0.2) is 0 Å². The lowest BCUT2D eigenvalue weighted by Gasteiger charge is -2.22. The van der Waals surface area contributed by atoms with E-state index in [-0.39, 0.29) is 0 Å². The van der Waals surface area contributed by atoms with Gasteiger partial charge in [0.1, 0.15) is 0 Å². The molecule has 0 spiro atoms. The van der Waals surface area contributed by atoms with Crippen LogP contribution in [0.25, 0.3) is 0 Å². The number of halogens is 1. The normalized spacial score (nSPS) is 10.5. The summed E-state index contributed by atoms with van der Waals surface area (Å²) in [5, 5.41) is 0. The lowest BCUT2D eigenvalue weighted by molar-refractivity contribution is 0.914. The Morgan fingerprint density at radius 1 is 1.11 bits per heavy atom. The number of anilines is 1. The summed E-state index contributed by atoms with van der Waals surface area (Å²) in [6.45, 7) is 3.62. The van der Waals surface area contributed by atoms with Gasteiger partial charge in [-0.1, -0.05) is 40.2 Å². The summed E-state index contributed by atoms with van der Waals surface area (Å²) in [5.74, 6) is 0. The van der Waals surface area contributed by atoms with Gasteiger partial charge >= 0.3 is 0 Å². The summed E-state index contributed by atoms with van der Waals surface area (Å²) in [5.41, 5.74) is 10.6. The summed E-state index contributed by atoms with van der Waals surface area (Å²) in [6.07, 6.45) is 0. The predicted octanol–water partition coefficient (Wildman–Crippen LogP) is 3.85. The molecule has 0 unspecified atom stereocenters. The van der Waals surface area contributed by atoms with Crippen LogP contribution in [0.15, 0.2) is 46.9 Å². The fourth-order valence-corrected chi connectivity index (χ4v) is 2.71. The van der Waals surface area contributed by atoms with E-state index in [0.717, 1.165) is 11.0 Å². The molecule has 0 amide bonds. The second kappa shape index (κ2) is 6.22. The number of hydrogen-bond acceptors (Lipinski definition) is 2. The third-order valence-electron chi connectivity index (χ3n) is 3.22. The van der Waals surface area contributed by atoms with Crippen LogP contribution < -0.4 is 10.6 Å². The highest BCUT2D eigenvalue weighted by molar-refractivity contribution is 9.10. The van der Waals surface area contributed by atoms with Crippen LogP contribution in [-0.4, -0.2) is 7.05 Å². The highest BCUT2D eigenvalue weighted by Crippen LogP contribution is 2.22. The molecule has 0 aliphatic rings. The van der Waals surface area contributed by atoms with Crippen LogP contribution in [0, 0.1) is 6.92 Å². The molecule has 0 atom stereocenters. The van der Waals surface area contributed by atoms with E-state index in [1.54, 1.807) is 0 Å². The van der Waals surface area contributed by atoms with Gasteiger partial charge in [0.25, 0.3) is 0 Å². The SMILES string of the molecule is Cc1cc(CN)ccc1N(C)Cc1cccc(Br)c1. The number of nitrogens with zero attached hydrogens (tertiary/aromatic N) is 1. The van der Waals surface area contributed by atoms with Gasteiger partial charge in [-0.15, -0.1) is 0 Å². The standard InChI is InChI=1S/C16H19BrN2/c1-12-8-13(10-18)6-7-16(12)19(2)11-14-4-3-5-15(17)9-14/h3-9H,10-11,18H2,1-2H3. The molecule has 2 aromatic carbocycles. The Bertz CT molecular complexity index is 566. The fraction of sp³-hybridized carbons (Fsp3) is 0.250. The molecule has 0 saturated carbocycles. The van der Waals surface area contributed by atoms with Crippen molar-refractivity contribution in [2.24, 2.45) is 5.73 Å². The van der Waals surface area contributed by atoms with Gasteiger partial charge in [-0.3, -0.25) is 0 Å². The number of nitrogens with two attached hydrogens (primary N) is 1. The molecule has 0 radical (unpaired) electrons. The van der Waals surface area contributed by atoms with Crippen LogP contribution in [0.4, 0.5) is 5.69 Å². The number of aryl methyl sites for hydroxylation is 1. The maximum Gasteiger partial charge on any atom is 0.0426 e. The van der Waals surface area contributed by atoms with E-state index in [1.165, 1.54) is 22.4 Å². The zero-order valence-electron chi connectivity index (χ0n) is 11.4. The van der Waals surface area contributed by atoms with Gasteiger partial charge in [0.2, 0.25) is 0 Å². The van der Waals surface area contributed by atoms with Gasteiger partial charge in [0, 0.05) is 30.3 Å². The number of hydrogen-bond donors (Lipinski definition) is 1. The molecule has 2 N–H and O–H groups in total. The molecule has 0 aliphatic heterocycles. The monoisotopic (exact) mass is 318 g/mol. The summed E-state index contributed by atoms with van der Waals surface area (Å²) in [7, 11) is 2.12. The van der Waals surface area contributed by atoms with Gasteiger partial charge in [0.15, 0.2) is 0 Å². The zero-order chi connectivity index (χ0) is 13.8. The Morgan fingerprint density at radius 2 is 1.89 bits per heavy atom. The average Bonchev–Trinajstić information content (AvgIpc) is 2.38. The van der Waals surface area contributed by atoms with E-state index in [1.807, 2.05) is 6.07 Å². The van der Waals surface area contributed by atoms with E-state index in [4.69, 9.17) is 5.73 Å². The molecule has 100 valence electrons. The second-order valence-corrected chi connectivity index (χ2v) is 5.73. The molecule has 0 aromatic heterocycles. The molecule has 0 heterocycles. The molecule has 2 nitrogen and oxygen atoms in total. The quantitative estimate of drug-likeness (QED) is 0.927. The van der Waals surface area contributed by atoms with E-state index in [9.17, 15) is 0 Å². The van der Waals surface area contributed by atoms with Crippen molar-refractivity contribution >= 4 is 21.6 Å². The van der Waals surface area contributed by atoms with Crippen molar-refractivity contribution in [3.63, 3.8) is 0 Å².